The van der Waals surface area contributed by atoms with Crippen LogP contribution < -0.4 is 20.3 Å². The molecule has 4 N–H and O–H groups in total. The van der Waals surface area contributed by atoms with Gasteiger partial charge in [-0.3, -0.25) is 0 Å². The molecule has 0 fully saturated rings. The van der Waals surface area contributed by atoms with Crippen molar-refractivity contribution in [2.45, 2.75) is 0 Å². The van der Waals surface area contributed by atoms with Crippen molar-refractivity contribution in [1.29, 1.82) is 0 Å². The predicted octanol–water partition coefficient (Wildman–Crippen LogP) is 1.78. The molecule has 0 bridgehead atoms. The van der Waals surface area contributed by atoms with Crippen molar-refractivity contribution in [1.82, 2.24) is 10.9 Å². The van der Waals surface area contributed by atoms with E-state index in [-0.39, 0.29) is 28.0 Å². The van der Waals surface area contributed by atoms with E-state index in [1.807, 2.05) is 0 Å². The zero-order valence-electron chi connectivity index (χ0n) is 14.4. The van der Waals surface area contributed by atoms with Crippen LogP contribution in [0.2, 0.25) is 0 Å². The molecule has 0 saturated carbocycles. The quantitative estimate of drug-likeness (QED) is 0.324. The van der Waals surface area contributed by atoms with Gasteiger partial charge < -0.3 is 19.7 Å². The molecule has 0 radical (unpaired) electrons. The molecular formula is C17H18N4NiO5. The number of phenolic OH excluding ortho intramolecular Hbond substituents is 2. The van der Waals surface area contributed by atoms with Gasteiger partial charge in [-0.2, -0.15) is 10.2 Å². The molecule has 2 aromatic rings. The average Bonchev–Trinajstić information content (AvgIpc) is 2.64. The predicted molar refractivity (Wildman–Crippen MR) is 96.2 cm³/mol. The van der Waals surface area contributed by atoms with Crippen molar-refractivity contribution < 1.29 is 41.0 Å². The Bertz CT molecular complexity index is 775. The van der Waals surface area contributed by atoms with E-state index in [0.29, 0.717) is 22.6 Å². The SMILES string of the molecule is COc1cccc(O)c1/C=N/NC(=O)N/N=C/c1c(O)cccc1OC.[Ni]. The number of nitrogens with one attached hydrogen (secondary N) is 2. The van der Waals surface area contributed by atoms with Crippen LogP contribution in [0, 0.1) is 0 Å². The van der Waals surface area contributed by atoms with Gasteiger partial charge >= 0.3 is 6.03 Å². The Balaban J connectivity index is 0.00000364. The molecule has 0 aliphatic heterocycles. The first-order valence-electron chi connectivity index (χ1n) is 7.41. The van der Waals surface area contributed by atoms with Crippen molar-refractivity contribution in [3.63, 3.8) is 0 Å². The van der Waals surface area contributed by atoms with Crippen LogP contribution >= 0.6 is 0 Å². The van der Waals surface area contributed by atoms with Crippen LogP contribution in [0.25, 0.3) is 0 Å². The molecule has 9 nitrogen and oxygen atoms in total. The molecule has 0 atom stereocenters. The van der Waals surface area contributed by atoms with Crippen molar-refractivity contribution >= 4 is 18.5 Å². The Morgan fingerprint density at radius 2 is 1.30 bits per heavy atom. The molecule has 0 saturated heterocycles. The number of nitrogens with zero attached hydrogens (tertiary/aromatic N) is 2. The van der Waals surface area contributed by atoms with Gasteiger partial charge in [0.05, 0.1) is 37.8 Å². The fourth-order valence-corrected chi connectivity index (χ4v) is 2.02. The zero-order valence-corrected chi connectivity index (χ0v) is 15.4. The molecule has 0 aliphatic rings. The van der Waals surface area contributed by atoms with Crippen LogP contribution in [0.4, 0.5) is 4.79 Å². The van der Waals surface area contributed by atoms with E-state index in [0.717, 1.165) is 0 Å². The third kappa shape index (κ3) is 5.90. The van der Waals surface area contributed by atoms with Gasteiger partial charge in [0.15, 0.2) is 0 Å². The first-order valence-corrected chi connectivity index (χ1v) is 7.41. The molecule has 10 heteroatoms. The molecule has 0 heterocycles. The maximum absolute atomic E-state index is 11.7. The van der Waals surface area contributed by atoms with E-state index in [2.05, 4.69) is 21.1 Å². The Hall–Kier alpha value is -3.26. The summed E-state index contributed by atoms with van der Waals surface area (Å²) >= 11 is 0. The number of methoxy groups -OCH3 is 2. The number of amides is 2. The van der Waals surface area contributed by atoms with Crippen molar-refractivity contribution in [2.24, 2.45) is 10.2 Å². The van der Waals surface area contributed by atoms with Crippen LogP contribution in [-0.2, 0) is 16.5 Å². The van der Waals surface area contributed by atoms with E-state index in [9.17, 15) is 15.0 Å². The number of hydrogen-bond donors (Lipinski definition) is 4. The Morgan fingerprint density at radius 3 is 1.67 bits per heavy atom. The van der Waals surface area contributed by atoms with Crippen LogP contribution in [0.3, 0.4) is 0 Å². The monoisotopic (exact) mass is 416 g/mol. The number of hydrazone groups is 2. The average molecular weight is 417 g/mol. The number of ether oxygens (including phenoxy) is 2. The summed E-state index contributed by atoms with van der Waals surface area (Å²) in [7, 11) is 2.91. The fraction of sp³-hybridized carbons (Fsp3) is 0.118. The maximum Gasteiger partial charge on any atom is 0.355 e. The third-order valence-electron chi connectivity index (χ3n) is 3.25. The zero-order chi connectivity index (χ0) is 18.9. The smallest absolute Gasteiger partial charge is 0.355 e. The topological polar surface area (TPSA) is 125 Å². The molecule has 27 heavy (non-hydrogen) atoms. The standard InChI is InChI=1S/C17H18N4O5.Ni/c1-25-15-7-3-5-13(22)11(15)9-18-20-17(24)21-19-10-12-14(23)6-4-8-16(12)26-2;/h3-10,22-23H,1-2H3,(H2,20,21,24);/b18-9+,19-10+;. The minimum atomic E-state index is -0.721. The van der Waals surface area contributed by atoms with Gasteiger partial charge in [-0.25, -0.2) is 15.6 Å². The van der Waals surface area contributed by atoms with Crippen LogP contribution in [-0.4, -0.2) is 42.9 Å². The van der Waals surface area contributed by atoms with Gasteiger partial charge in [-0.15, -0.1) is 0 Å². The molecule has 0 unspecified atom stereocenters. The molecule has 2 rings (SSSR count). The van der Waals surface area contributed by atoms with Crippen LogP contribution in [0.1, 0.15) is 11.1 Å². The molecule has 0 aromatic heterocycles. The Labute approximate surface area is 165 Å². The van der Waals surface area contributed by atoms with E-state index in [1.54, 1.807) is 24.3 Å². The molecule has 0 spiro atoms. The molecule has 146 valence electrons. The summed E-state index contributed by atoms with van der Waals surface area (Å²) in [6.45, 7) is 0. The number of carbonyl (C=O) groups excluding carboxylic acids is 1. The number of urea groups is 1. The number of rotatable bonds is 6. The second-order valence-corrected chi connectivity index (χ2v) is 4.86. The van der Waals surface area contributed by atoms with Gasteiger partial charge in [0.25, 0.3) is 0 Å². The minimum Gasteiger partial charge on any atom is -0.507 e. The maximum atomic E-state index is 11.7. The molecule has 0 aliphatic carbocycles. The number of phenols is 2. The van der Waals surface area contributed by atoms with Crippen molar-refractivity contribution in [3.05, 3.63) is 47.5 Å². The summed E-state index contributed by atoms with van der Waals surface area (Å²) in [5.74, 6) is 0.723. The van der Waals surface area contributed by atoms with E-state index >= 15 is 0 Å². The summed E-state index contributed by atoms with van der Waals surface area (Å²) in [6, 6.07) is 8.74. The van der Waals surface area contributed by atoms with Crippen LogP contribution in [0.5, 0.6) is 23.0 Å². The summed E-state index contributed by atoms with van der Waals surface area (Å²) in [6.07, 6.45) is 2.48. The first-order chi connectivity index (χ1) is 12.6. The van der Waals surface area contributed by atoms with Gasteiger partial charge in [0, 0.05) is 16.5 Å². The Kier molecular flexibility index (Phi) is 8.61. The summed E-state index contributed by atoms with van der Waals surface area (Å²) in [5.41, 5.74) is 5.00. The largest absolute Gasteiger partial charge is 0.507 e. The van der Waals surface area contributed by atoms with Crippen molar-refractivity contribution in [2.75, 3.05) is 14.2 Å². The van der Waals surface area contributed by atoms with Gasteiger partial charge in [0.1, 0.15) is 23.0 Å². The second-order valence-electron chi connectivity index (χ2n) is 4.86. The second kappa shape index (κ2) is 10.7. The fourth-order valence-electron chi connectivity index (χ4n) is 2.02. The third-order valence-corrected chi connectivity index (χ3v) is 3.25. The summed E-state index contributed by atoms with van der Waals surface area (Å²) < 4.78 is 10.2. The number of benzene rings is 2. The molecule has 2 amide bonds. The molecular weight excluding hydrogens is 399 g/mol. The first kappa shape index (κ1) is 21.8. The van der Waals surface area contributed by atoms with Gasteiger partial charge in [-0.05, 0) is 24.3 Å². The van der Waals surface area contributed by atoms with Gasteiger partial charge in [-0.1, -0.05) is 12.1 Å². The molecule has 2 aromatic carbocycles. The van der Waals surface area contributed by atoms with E-state index in [4.69, 9.17) is 9.47 Å². The minimum absolute atomic E-state index is 0. The van der Waals surface area contributed by atoms with Crippen LogP contribution in [0.15, 0.2) is 46.6 Å². The van der Waals surface area contributed by atoms with E-state index < -0.39 is 6.03 Å². The Morgan fingerprint density at radius 1 is 0.889 bits per heavy atom. The summed E-state index contributed by atoms with van der Waals surface area (Å²) in [4.78, 5) is 11.7. The summed E-state index contributed by atoms with van der Waals surface area (Å²) in [5, 5.41) is 27.0. The van der Waals surface area contributed by atoms with Gasteiger partial charge in [0.2, 0.25) is 0 Å². The normalized spacial score (nSPS) is 10.4. The number of hydrogen-bond acceptors (Lipinski definition) is 7. The number of aromatic hydroxyl groups is 2. The number of carbonyl (C=O) groups is 1. The van der Waals surface area contributed by atoms with Crippen molar-refractivity contribution in [3.8, 4) is 23.0 Å². The van der Waals surface area contributed by atoms with E-state index in [1.165, 1.54) is 38.8 Å².